The minimum absolute atomic E-state index is 0.0396. The molecular weight excluding hydrogens is 518 g/mol. The molecule has 2 unspecified atom stereocenters. The fourth-order valence-corrected chi connectivity index (χ4v) is 5.82. The molecule has 0 heterocycles. The smallest absolute Gasteiger partial charge is 0.220 e. The number of aliphatic hydroxyl groups is 2. The van der Waals surface area contributed by atoms with E-state index in [0.29, 0.717) is 12.8 Å². The second-order valence-electron chi connectivity index (χ2n) is 13.0. The maximum Gasteiger partial charge on any atom is 0.220 e. The molecule has 0 aliphatic heterocycles. The third kappa shape index (κ3) is 30.6. The molecule has 4 nitrogen and oxygen atoms in total. The molecule has 0 saturated heterocycles. The lowest BCUT2D eigenvalue weighted by Crippen LogP contribution is -2.45. The normalized spacial score (nSPS) is 13.1. The van der Waals surface area contributed by atoms with Gasteiger partial charge in [0, 0.05) is 6.42 Å². The van der Waals surface area contributed by atoms with Crippen LogP contribution in [0.4, 0.5) is 0 Å². The molecule has 0 aliphatic rings. The molecule has 0 spiro atoms. The van der Waals surface area contributed by atoms with Gasteiger partial charge in [0.2, 0.25) is 5.91 Å². The molecule has 42 heavy (non-hydrogen) atoms. The van der Waals surface area contributed by atoms with E-state index in [0.717, 1.165) is 25.7 Å². The average molecular weight is 594 g/mol. The Morgan fingerprint density at radius 2 is 0.905 bits per heavy atom. The molecule has 1 amide bonds. The van der Waals surface area contributed by atoms with Gasteiger partial charge in [0.25, 0.3) is 0 Å². The summed E-state index contributed by atoms with van der Waals surface area (Å²) in [6.45, 7) is 4.35. The fourth-order valence-electron chi connectivity index (χ4n) is 5.82. The van der Waals surface area contributed by atoms with Crippen molar-refractivity contribution in [3.05, 3.63) is 12.2 Å². The summed E-state index contributed by atoms with van der Waals surface area (Å²) in [5.41, 5.74) is 0. The molecule has 0 aliphatic carbocycles. The van der Waals surface area contributed by atoms with Gasteiger partial charge in [0.05, 0.1) is 18.8 Å². The molecule has 0 bridgehead atoms. The van der Waals surface area contributed by atoms with Gasteiger partial charge in [-0.25, -0.2) is 0 Å². The second-order valence-corrected chi connectivity index (χ2v) is 13.0. The summed E-state index contributed by atoms with van der Waals surface area (Å²) in [5.74, 6) is -0.0396. The van der Waals surface area contributed by atoms with Gasteiger partial charge >= 0.3 is 0 Å². The van der Waals surface area contributed by atoms with Gasteiger partial charge < -0.3 is 15.5 Å². The summed E-state index contributed by atoms with van der Waals surface area (Å²) in [6, 6.07) is -0.535. The van der Waals surface area contributed by atoms with E-state index in [2.05, 4.69) is 31.3 Å². The molecule has 4 heteroatoms. The monoisotopic (exact) mass is 594 g/mol. The molecule has 250 valence electrons. The zero-order valence-corrected chi connectivity index (χ0v) is 28.5. The Morgan fingerprint density at radius 3 is 1.31 bits per heavy atom. The van der Waals surface area contributed by atoms with Crippen molar-refractivity contribution in [3.8, 4) is 0 Å². The molecule has 0 aromatic rings. The van der Waals surface area contributed by atoms with Crippen LogP contribution in [0.2, 0.25) is 0 Å². The standard InChI is InChI=1S/C38H75NO3/c1-3-5-7-9-11-13-15-17-18-19-20-21-22-24-26-28-30-32-34-38(42)39-36(35-40)37(41)33-31-29-27-25-23-16-14-12-10-8-6-4-2/h20-21,36-37,40-41H,3-19,22-35H2,1-2H3,(H,39,42)/b21-20-. The molecular formula is C38H75NO3. The van der Waals surface area contributed by atoms with Crippen LogP contribution in [0.1, 0.15) is 206 Å². The topological polar surface area (TPSA) is 69.6 Å². The van der Waals surface area contributed by atoms with Gasteiger partial charge in [-0.1, -0.05) is 174 Å². The summed E-state index contributed by atoms with van der Waals surface area (Å²) in [4.78, 5) is 12.3. The van der Waals surface area contributed by atoms with Crippen LogP contribution in [0.15, 0.2) is 12.2 Å². The highest BCUT2D eigenvalue weighted by Gasteiger charge is 2.19. The van der Waals surface area contributed by atoms with E-state index in [9.17, 15) is 15.0 Å². The van der Waals surface area contributed by atoms with E-state index < -0.39 is 12.1 Å². The van der Waals surface area contributed by atoms with E-state index >= 15 is 0 Å². The fraction of sp³-hybridized carbons (Fsp3) is 0.921. The third-order valence-corrected chi connectivity index (χ3v) is 8.78. The first-order valence-corrected chi connectivity index (χ1v) is 18.9. The maximum atomic E-state index is 12.3. The van der Waals surface area contributed by atoms with Crippen molar-refractivity contribution in [3.63, 3.8) is 0 Å². The minimum atomic E-state index is -0.657. The molecule has 0 rings (SSSR count). The van der Waals surface area contributed by atoms with E-state index in [-0.39, 0.29) is 12.5 Å². The number of hydrogen-bond acceptors (Lipinski definition) is 3. The Labute approximate surface area is 263 Å². The van der Waals surface area contributed by atoms with Crippen molar-refractivity contribution >= 4 is 5.91 Å². The Bertz CT molecular complexity index is 565. The van der Waals surface area contributed by atoms with Crippen LogP contribution < -0.4 is 5.32 Å². The van der Waals surface area contributed by atoms with Gasteiger partial charge in [0.15, 0.2) is 0 Å². The lowest BCUT2D eigenvalue weighted by atomic mass is 10.0. The SMILES string of the molecule is CCCCCCCCCCC/C=C\CCCCCCCC(=O)NC(CO)C(O)CCCCCCCCCCCCCC. The first-order valence-electron chi connectivity index (χ1n) is 18.9. The van der Waals surface area contributed by atoms with Crippen molar-refractivity contribution in [1.82, 2.24) is 5.32 Å². The number of hydrogen-bond donors (Lipinski definition) is 3. The number of rotatable bonds is 34. The number of carbonyl (C=O) groups is 1. The van der Waals surface area contributed by atoms with Crippen LogP contribution in [0.25, 0.3) is 0 Å². The Hall–Kier alpha value is -0.870. The van der Waals surface area contributed by atoms with Crippen LogP contribution in [0, 0.1) is 0 Å². The van der Waals surface area contributed by atoms with Crippen LogP contribution >= 0.6 is 0 Å². The molecule has 0 radical (unpaired) electrons. The summed E-state index contributed by atoms with van der Waals surface area (Å²) in [5, 5.41) is 23.0. The average Bonchev–Trinajstić information content (AvgIpc) is 2.99. The van der Waals surface area contributed by atoms with E-state index in [1.54, 1.807) is 0 Å². The number of carbonyl (C=O) groups excluding carboxylic acids is 1. The first-order chi connectivity index (χ1) is 20.7. The maximum absolute atomic E-state index is 12.3. The van der Waals surface area contributed by atoms with Crippen molar-refractivity contribution in [2.45, 2.75) is 219 Å². The highest BCUT2D eigenvalue weighted by atomic mass is 16.3. The van der Waals surface area contributed by atoms with Crippen molar-refractivity contribution in [2.75, 3.05) is 6.61 Å². The third-order valence-electron chi connectivity index (χ3n) is 8.78. The zero-order valence-electron chi connectivity index (χ0n) is 28.5. The van der Waals surface area contributed by atoms with Crippen molar-refractivity contribution in [1.29, 1.82) is 0 Å². The number of nitrogens with one attached hydrogen (secondary N) is 1. The number of amides is 1. The lowest BCUT2D eigenvalue weighted by Gasteiger charge is -2.22. The highest BCUT2D eigenvalue weighted by Crippen LogP contribution is 2.15. The van der Waals surface area contributed by atoms with Crippen LogP contribution in [0.5, 0.6) is 0 Å². The Kier molecular flexibility index (Phi) is 33.9. The molecule has 0 aromatic heterocycles. The van der Waals surface area contributed by atoms with E-state index in [1.165, 1.54) is 154 Å². The lowest BCUT2D eigenvalue weighted by molar-refractivity contribution is -0.123. The summed E-state index contributed by atoms with van der Waals surface area (Å²) in [7, 11) is 0. The van der Waals surface area contributed by atoms with Gasteiger partial charge in [0.1, 0.15) is 0 Å². The molecule has 0 saturated carbocycles. The summed E-state index contributed by atoms with van der Waals surface area (Å²) < 4.78 is 0. The largest absolute Gasteiger partial charge is 0.394 e. The highest BCUT2D eigenvalue weighted by molar-refractivity contribution is 5.76. The van der Waals surface area contributed by atoms with E-state index in [1.807, 2.05) is 0 Å². The summed E-state index contributed by atoms with van der Waals surface area (Å²) in [6.07, 6.45) is 41.2. The van der Waals surface area contributed by atoms with Crippen LogP contribution in [-0.2, 0) is 4.79 Å². The number of aliphatic hydroxyl groups excluding tert-OH is 2. The summed E-state index contributed by atoms with van der Waals surface area (Å²) >= 11 is 0. The zero-order chi connectivity index (χ0) is 30.8. The van der Waals surface area contributed by atoms with Crippen molar-refractivity contribution < 1.29 is 15.0 Å². The number of unbranched alkanes of at least 4 members (excludes halogenated alkanes) is 25. The van der Waals surface area contributed by atoms with E-state index in [4.69, 9.17) is 0 Å². The van der Waals surface area contributed by atoms with Gasteiger partial charge in [-0.3, -0.25) is 4.79 Å². The number of allylic oxidation sites excluding steroid dienone is 2. The van der Waals surface area contributed by atoms with Crippen LogP contribution in [-0.4, -0.2) is 34.9 Å². The second kappa shape index (κ2) is 34.6. The quantitative estimate of drug-likeness (QED) is 0.0513. The van der Waals surface area contributed by atoms with Gasteiger partial charge in [-0.15, -0.1) is 0 Å². The van der Waals surface area contributed by atoms with Crippen LogP contribution in [0.3, 0.4) is 0 Å². The molecule has 0 fully saturated rings. The predicted octanol–water partition coefficient (Wildman–Crippen LogP) is 11.1. The van der Waals surface area contributed by atoms with Gasteiger partial charge in [-0.2, -0.15) is 0 Å². The van der Waals surface area contributed by atoms with Crippen molar-refractivity contribution in [2.24, 2.45) is 0 Å². The first kappa shape index (κ1) is 41.1. The predicted molar refractivity (Wildman–Crippen MR) is 184 cm³/mol. The molecule has 2 atom stereocenters. The van der Waals surface area contributed by atoms with Gasteiger partial charge in [-0.05, 0) is 38.5 Å². The molecule has 3 N–H and O–H groups in total. The Morgan fingerprint density at radius 1 is 0.548 bits per heavy atom. The molecule has 0 aromatic carbocycles. The Balaban J connectivity index is 3.55. The minimum Gasteiger partial charge on any atom is -0.394 e.